The number of hydrogen-bond donors (Lipinski definition) is 1. The lowest BCUT2D eigenvalue weighted by atomic mass is 10.3. The maximum atomic E-state index is 13.1. The Morgan fingerprint density at radius 3 is 2.12 bits per heavy atom. The zero-order chi connectivity index (χ0) is 24.0. The minimum absolute atomic E-state index is 0.195. The van der Waals surface area contributed by atoms with Gasteiger partial charge < -0.3 is 14.6 Å². The first kappa shape index (κ1) is 25.0. The molecule has 0 spiro atoms. The molecule has 2 aromatic carbocycles. The number of aromatic amines is 1. The Bertz CT molecular complexity index is 1380. The van der Waals surface area contributed by atoms with Crippen LogP contribution in [0.1, 0.15) is 20.8 Å². The Morgan fingerprint density at radius 2 is 1.55 bits per heavy atom. The quantitative estimate of drug-likeness (QED) is 0.330. The number of nitrogens with zero attached hydrogens (tertiary/aromatic N) is 3. The molecule has 33 heavy (non-hydrogen) atoms. The molecule has 4 aromatic rings. The van der Waals surface area contributed by atoms with Crippen LogP contribution in [-0.4, -0.2) is 45.8 Å². The van der Waals surface area contributed by atoms with Crippen molar-refractivity contribution in [1.29, 1.82) is 0 Å². The maximum Gasteiger partial charge on any atom is 0.278 e. The van der Waals surface area contributed by atoms with Crippen LogP contribution in [0.15, 0.2) is 59.4 Å². The lowest BCUT2D eigenvalue weighted by Gasteiger charge is -2.13. The molecule has 2 heterocycles. The molecular formula is C24H28N4O2S3. The lowest BCUT2D eigenvalue weighted by molar-refractivity contribution is 0.321. The normalized spacial score (nSPS) is 10.8. The molecule has 9 heteroatoms. The molecule has 0 radical (unpaired) electrons. The second-order valence-corrected chi connectivity index (χ2v) is 9.11. The molecule has 174 valence electrons. The predicted octanol–water partition coefficient (Wildman–Crippen LogP) is 5.99. The minimum atomic E-state index is -0.195. The highest BCUT2D eigenvalue weighted by Gasteiger charge is 2.16. The molecule has 1 N–H and O–H groups in total. The Hall–Kier alpha value is -2.59. The summed E-state index contributed by atoms with van der Waals surface area (Å²) >= 11 is 12.2. The van der Waals surface area contributed by atoms with E-state index in [-0.39, 0.29) is 5.56 Å². The number of nitrogens with one attached hydrogen (secondary N) is 1. The van der Waals surface area contributed by atoms with Crippen molar-refractivity contribution < 1.29 is 4.74 Å². The SMILES string of the molecule is CCN(CC)CC.COc1ccccc1-n1c(=S)sc2c(=O)n(-c3ccccc3)c(=S)[nH]c21. The molecule has 0 aliphatic carbocycles. The highest BCUT2D eigenvalue weighted by atomic mass is 32.1. The van der Waals surface area contributed by atoms with E-state index in [4.69, 9.17) is 29.2 Å². The van der Waals surface area contributed by atoms with Gasteiger partial charge in [-0.1, -0.05) is 62.4 Å². The summed E-state index contributed by atoms with van der Waals surface area (Å²) in [5.74, 6) is 0.662. The largest absolute Gasteiger partial charge is 0.495 e. The van der Waals surface area contributed by atoms with Crippen LogP contribution in [-0.2, 0) is 0 Å². The molecule has 4 rings (SSSR count). The summed E-state index contributed by atoms with van der Waals surface area (Å²) in [5.41, 5.74) is 1.85. The number of rotatable bonds is 6. The number of thiazole rings is 1. The number of aromatic nitrogens is 3. The third-order valence-electron chi connectivity index (χ3n) is 5.32. The number of para-hydroxylation sites is 3. The summed E-state index contributed by atoms with van der Waals surface area (Å²) in [6.45, 7) is 10.1. The maximum absolute atomic E-state index is 13.1. The average Bonchev–Trinajstić information content (AvgIpc) is 3.17. The van der Waals surface area contributed by atoms with Gasteiger partial charge in [-0.15, -0.1) is 0 Å². The summed E-state index contributed by atoms with van der Waals surface area (Å²) in [6, 6.07) is 16.8. The number of fused-ring (bicyclic) bond motifs is 1. The number of methoxy groups -OCH3 is 1. The third-order valence-corrected chi connectivity index (χ3v) is 6.96. The molecule has 0 fully saturated rings. The van der Waals surface area contributed by atoms with Crippen molar-refractivity contribution in [3.05, 3.63) is 73.7 Å². The summed E-state index contributed by atoms with van der Waals surface area (Å²) in [7, 11) is 1.60. The van der Waals surface area contributed by atoms with E-state index in [0.717, 1.165) is 5.69 Å². The fourth-order valence-corrected chi connectivity index (χ4v) is 5.10. The molecule has 0 saturated carbocycles. The van der Waals surface area contributed by atoms with Crippen LogP contribution < -0.4 is 10.3 Å². The fourth-order valence-electron chi connectivity index (χ4n) is 3.50. The van der Waals surface area contributed by atoms with Crippen molar-refractivity contribution in [1.82, 2.24) is 19.0 Å². The summed E-state index contributed by atoms with van der Waals surface area (Å²) in [4.78, 5) is 18.6. The lowest BCUT2D eigenvalue weighted by Crippen LogP contribution is -2.21. The third kappa shape index (κ3) is 5.33. The van der Waals surface area contributed by atoms with E-state index in [2.05, 4.69) is 30.7 Å². The highest BCUT2D eigenvalue weighted by molar-refractivity contribution is 7.73. The van der Waals surface area contributed by atoms with Gasteiger partial charge in [0.2, 0.25) is 0 Å². The molecule has 2 aromatic heterocycles. The van der Waals surface area contributed by atoms with Gasteiger partial charge in [-0.25, -0.2) is 0 Å². The van der Waals surface area contributed by atoms with Gasteiger partial charge in [-0.05, 0) is 68.3 Å². The Kier molecular flexibility index (Phi) is 8.74. The molecule has 0 bridgehead atoms. The summed E-state index contributed by atoms with van der Waals surface area (Å²) in [5, 5.41) is 0. The van der Waals surface area contributed by atoms with E-state index in [1.54, 1.807) is 11.7 Å². The number of benzene rings is 2. The van der Waals surface area contributed by atoms with Gasteiger partial charge in [-0.2, -0.15) is 0 Å². The molecule has 0 amide bonds. The van der Waals surface area contributed by atoms with E-state index >= 15 is 0 Å². The Labute approximate surface area is 207 Å². The van der Waals surface area contributed by atoms with Gasteiger partial charge in [0.25, 0.3) is 5.56 Å². The van der Waals surface area contributed by atoms with E-state index < -0.39 is 0 Å². The van der Waals surface area contributed by atoms with Crippen LogP contribution >= 0.6 is 35.8 Å². The van der Waals surface area contributed by atoms with Crippen molar-refractivity contribution in [2.45, 2.75) is 20.8 Å². The van der Waals surface area contributed by atoms with E-state index in [0.29, 0.717) is 30.5 Å². The standard InChI is InChI=1S/C18H13N3O2S3.C6H15N/c1-23-13-10-6-5-9-12(13)21-15-14(26-18(21)25)16(22)20(17(24)19-15)11-7-3-2-4-8-11;1-4-7(5-2)6-3/h2-10H,1H3,(H,19,24);4-6H2,1-3H3. The van der Waals surface area contributed by atoms with Gasteiger partial charge in [-0.3, -0.25) is 13.9 Å². The smallest absolute Gasteiger partial charge is 0.278 e. The molecule has 0 aliphatic rings. The van der Waals surface area contributed by atoms with Crippen LogP contribution in [0.2, 0.25) is 0 Å². The second-order valence-electron chi connectivity index (χ2n) is 7.08. The van der Waals surface area contributed by atoms with Gasteiger partial charge in [0.05, 0.1) is 18.5 Å². The van der Waals surface area contributed by atoms with E-state index in [1.807, 2.05) is 54.6 Å². The van der Waals surface area contributed by atoms with E-state index in [9.17, 15) is 4.79 Å². The second kappa shape index (κ2) is 11.5. The van der Waals surface area contributed by atoms with Crippen molar-refractivity contribution in [2.24, 2.45) is 0 Å². The van der Waals surface area contributed by atoms with Gasteiger partial charge >= 0.3 is 0 Å². The minimum Gasteiger partial charge on any atom is -0.495 e. The molecular weight excluding hydrogens is 472 g/mol. The zero-order valence-corrected chi connectivity index (χ0v) is 21.6. The van der Waals surface area contributed by atoms with Crippen LogP contribution in [0.25, 0.3) is 21.7 Å². The molecule has 0 saturated heterocycles. The highest BCUT2D eigenvalue weighted by Crippen LogP contribution is 2.29. The average molecular weight is 501 g/mol. The van der Waals surface area contributed by atoms with Gasteiger partial charge in [0, 0.05) is 0 Å². The monoisotopic (exact) mass is 500 g/mol. The molecule has 0 atom stereocenters. The van der Waals surface area contributed by atoms with Gasteiger partial charge in [0.1, 0.15) is 16.1 Å². The van der Waals surface area contributed by atoms with Crippen LogP contribution in [0, 0.1) is 8.73 Å². The number of ether oxygens (including phenoxy) is 1. The first-order chi connectivity index (χ1) is 16.0. The van der Waals surface area contributed by atoms with Crippen molar-refractivity contribution in [3.63, 3.8) is 0 Å². The van der Waals surface area contributed by atoms with Crippen LogP contribution in [0.5, 0.6) is 5.75 Å². The molecule has 6 nitrogen and oxygen atoms in total. The zero-order valence-electron chi connectivity index (χ0n) is 19.2. The number of hydrogen-bond acceptors (Lipinski definition) is 6. The van der Waals surface area contributed by atoms with Crippen molar-refractivity contribution in [3.8, 4) is 17.1 Å². The molecule has 0 aliphatic heterocycles. The van der Waals surface area contributed by atoms with E-state index in [1.165, 1.54) is 35.5 Å². The summed E-state index contributed by atoms with van der Waals surface area (Å²) < 4.78 is 10.1. The fraction of sp³-hybridized carbons (Fsp3) is 0.292. The first-order valence-corrected chi connectivity index (χ1v) is 12.4. The summed E-state index contributed by atoms with van der Waals surface area (Å²) in [6.07, 6.45) is 0. The van der Waals surface area contributed by atoms with Crippen molar-refractivity contribution >= 4 is 46.1 Å². The van der Waals surface area contributed by atoms with Gasteiger partial charge in [0.15, 0.2) is 8.73 Å². The number of H-pyrrole nitrogens is 1. The van der Waals surface area contributed by atoms with Crippen LogP contribution in [0.3, 0.4) is 0 Å². The Balaban J connectivity index is 0.000000383. The van der Waals surface area contributed by atoms with Crippen LogP contribution in [0.4, 0.5) is 0 Å². The topological polar surface area (TPSA) is 55.2 Å². The predicted molar refractivity (Wildman–Crippen MR) is 143 cm³/mol. The first-order valence-electron chi connectivity index (χ1n) is 10.8. The van der Waals surface area contributed by atoms with Crippen molar-refractivity contribution in [2.75, 3.05) is 26.7 Å². The molecule has 0 unspecified atom stereocenters. The Morgan fingerprint density at radius 1 is 0.939 bits per heavy atom.